The molecule has 2 rings (SSSR count). The van der Waals surface area contributed by atoms with Gasteiger partial charge >= 0.3 is 6.03 Å². The lowest BCUT2D eigenvalue weighted by atomic mass is 10.1. The maximum Gasteiger partial charge on any atom is 0.321 e. The summed E-state index contributed by atoms with van der Waals surface area (Å²) in [5.41, 5.74) is 3.19. The second-order valence-corrected chi connectivity index (χ2v) is 6.35. The molecule has 3 N–H and O–H groups in total. The van der Waals surface area contributed by atoms with E-state index >= 15 is 0 Å². The van der Waals surface area contributed by atoms with E-state index in [1.807, 2.05) is 13.0 Å². The van der Waals surface area contributed by atoms with Crippen LogP contribution in [-0.2, 0) is 4.79 Å². The molecule has 7 nitrogen and oxygen atoms in total. The van der Waals surface area contributed by atoms with Gasteiger partial charge in [-0.3, -0.25) is 10.1 Å². The van der Waals surface area contributed by atoms with E-state index in [0.717, 1.165) is 44.0 Å². The molecule has 1 aliphatic heterocycles. The average Bonchev–Trinajstić information content (AvgIpc) is 2.63. The summed E-state index contributed by atoms with van der Waals surface area (Å²) in [6.07, 6.45) is 0. The molecule has 3 amide bonds. The Morgan fingerprint density at radius 2 is 1.88 bits per heavy atom. The minimum Gasteiger partial charge on any atom is -0.374 e. The first-order valence-corrected chi connectivity index (χ1v) is 8.81. The van der Waals surface area contributed by atoms with Crippen LogP contribution in [0, 0.1) is 6.92 Å². The molecular weight excluding hydrogens is 318 g/mol. The summed E-state index contributed by atoms with van der Waals surface area (Å²) in [7, 11) is 1.48. The lowest BCUT2D eigenvalue weighted by Crippen LogP contribution is -2.46. The number of nitrogens with zero attached hydrogens (tertiary/aromatic N) is 2. The predicted octanol–water partition coefficient (Wildman–Crippen LogP) is 1.39. The van der Waals surface area contributed by atoms with Crippen LogP contribution < -0.4 is 20.9 Å². The zero-order valence-corrected chi connectivity index (χ0v) is 15.6. The zero-order chi connectivity index (χ0) is 18.4. The number of anilines is 2. The lowest BCUT2D eigenvalue weighted by Gasteiger charge is -2.35. The fraction of sp³-hybridized carbons (Fsp3) is 0.556. The minimum absolute atomic E-state index is 0.362. The summed E-state index contributed by atoms with van der Waals surface area (Å²) < 4.78 is 0. The number of benzene rings is 1. The number of hydrogen-bond donors (Lipinski definition) is 3. The van der Waals surface area contributed by atoms with Crippen molar-refractivity contribution in [2.45, 2.75) is 26.8 Å². The first-order chi connectivity index (χ1) is 11.9. The van der Waals surface area contributed by atoms with Crippen LogP contribution in [0.4, 0.5) is 16.2 Å². The molecule has 0 radical (unpaired) electrons. The third-order valence-electron chi connectivity index (χ3n) is 4.62. The highest BCUT2D eigenvalue weighted by Crippen LogP contribution is 2.24. The van der Waals surface area contributed by atoms with Gasteiger partial charge in [0, 0.05) is 44.6 Å². The van der Waals surface area contributed by atoms with Crippen LogP contribution in [0.15, 0.2) is 18.2 Å². The minimum atomic E-state index is -0.505. The number of imide groups is 1. The topological polar surface area (TPSA) is 76.7 Å². The molecule has 138 valence electrons. The maximum atomic E-state index is 12.0. The molecule has 0 aromatic heterocycles. The second kappa shape index (κ2) is 8.71. The molecule has 25 heavy (non-hydrogen) atoms. The number of rotatable bonds is 5. The summed E-state index contributed by atoms with van der Waals surface area (Å²) in [5.74, 6) is -0.362. The monoisotopic (exact) mass is 347 g/mol. The van der Waals surface area contributed by atoms with E-state index in [-0.39, 0.29) is 5.91 Å². The van der Waals surface area contributed by atoms with Crippen LogP contribution >= 0.6 is 0 Å². The Morgan fingerprint density at radius 1 is 1.20 bits per heavy atom. The number of carbonyl (C=O) groups is 2. The Morgan fingerprint density at radius 3 is 2.44 bits per heavy atom. The highest BCUT2D eigenvalue weighted by Gasteiger charge is 2.18. The van der Waals surface area contributed by atoms with E-state index in [0.29, 0.717) is 0 Å². The molecule has 1 atom stereocenters. The van der Waals surface area contributed by atoms with Gasteiger partial charge in [0.2, 0.25) is 5.91 Å². The Bertz CT molecular complexity index is 611. The smallest absolute Gasteiger partial charge is 0.321 e. The summed E-state index contributed by atoms with van der Waals surface area (Å²) in [6.45, 7) is 11.3. The van der Waals surface area contributed by atoms with E-state index in [4.69, 9.17) is 0 Å². The lowest BCUT2D eigenvalue weighted by molar-refractivity contribution is -0.120. The molecule has 0 aliphatic carbocycles. The summed E-state index contributed by atoms with van der Waals surface area (Å²) in [5, 5.41) is 7.81. The summed E-state index contributed by atoms with van der Waals surface area (Å²) >= 11 is 0. The quantitative estimate of drug-likeness (QED) is 0.750. The van der Waals surface area contributed by atoms with Gasteiger partial charge in [0.05, 0.1) is 0 Å². The molecule has 1 aromatic carbocycles. The molecule has 1 heterocycles. The Balaban J connectivity index is 1.97. The third-order valence-corrected chi connectivity index (χ3v) is 4.62. The number of carbonyl (C=O) groups excluding carboxylic acids is 2. The van der Waals surface area contributed by atoms with Crippen molar-refractivity contribution in [1.29, 1.82) is 0 Å². The van der Waals surface area contributed by atoms with Crippen LogP contribution in [0.1, 0.15) is 19.4 Å². The van der Waals surface area contributed by atoms with Gasteiger partial charge in [0.15, 0.2) is 0 Å². The van der Waals surface area contributed by atoms with Crippen molar-refractivity contribution < 1.29 is 9.59 Å². The van der Waals surface area contributed by atoms with Crippen molar-refractivity contribution in [3.8, 4) is 0 Å². The maximum absolute atomic E-state index is 12.0. The summed E-state index contributed by atoms with van der Waals surface area (Å²) in [4.78, 5) is 28.0. The number of hydrogen-bond acceptors (Lipinski definition) is 5. The molecule has 0 saturated carbocycles. The van der Waals surface area contributed by atoms with Crippen molar-refractivity contribution >= 4 is 23.3 Å². The normalized spacial score (nSPS) is 16.2. The molecule has 1 fully saturated rings. The molecule has 0 bridgehead atoms. The van der Waals surface area contributed by atoms with Crippen LogP contribution in [0.25, 0.3) is 0 Å². The van der Waals surface area contributed by atoms with E-state index in [9.17, 15) is 9.59 Å². The van der Waals surface area contributed by atoms with Gasteiger partial charge in [-0.05, 0) is 44.2 Å². The van der Waals surface area contributed by atoms with Gasteiger partial charge in [-0.1, -0.05) is 6.92 Å². The van der Waals surface area contributed by atoms with Crippen LogP contribution in [-0.4, -0.2) is 62.7 Å². The summed E-state index contributed by atoms with van der Waals surface area (Å²) in [6, 6.07) is 5.22. The average molecular weight is 347 g/mol. The first-order valence-electron chi connectivity index (χ1n) is 8.81. The number of likely N-dealkylation sites (N-methyl/N-ethyl adjacent to an activating group) is 1. The van der Waals surface area contributed by atoms with Gasteiger partial charge in [-0.15, -0.1) is 0 Å². The first kappa shape index (κ1) is 19.1. The number of amides is 3. The molecule has 7 heteroatoms. The molecule has 1 saturated heterocycles. The van der Waals surface area contributed by atoms with Gasteiger partial charge in [-0.2, -0.15) is 0 Å². The van der Waals surface area contributed by atoms with Gasteiger partial charge in [-0.25, -0.2) is 4.79 Å². The number of piperazine rings is 1. The van der Waals surface area contributed by atoms with Gasteiger partial charge in [0.25, 0.3) is 0 Å². The molecular formula is C18H29N5O2. The van der Waals surface area contributed by atoms with E-state index in [1.54, 1.807) is 6.92 Å². The van der Waals surface area contributed by atoms with Crippen molar-refractivity contribution in [1.82, 2.24) is 15.5 Å². The molecule has 0 spiro atoms. The molecule has 0 unspecified atom stereocenters. The highest BCUT2D eigenvalue weighted by molar-refractivity contribution is 5.97. The van der Waals surface area contributed by atoms with E-state index in [2.05, 4.69) is 44.8 Å². The van der Waals surface area contributed by atoms with Crippen LogP contribution in [0.5, 0.6) is 0 Å². The fourth-order valence-electron chi connectivity index (χ4n) is 2.91. The van der Waals surface area contributed by atoms with Gasteiger partial charge < -0.3 is 20.4 Å². The largest absolute Gasteiger partial charge is 0.374 e. The highest BCUT2D eigenvalue weighted by atomic mass is 16.2. The third kappa shape index (κ3) is 5.09. The van der Waals surface area contributed by atoms with E-state index in [1.165, 1.54) is 12.7 Å². The second-order valence-electron chi connectivity index (χ2n) is 6.35. The molecule has 1 aliphatic rings. The Labute approximate surface area is 149 Å². The molecule has 1 aromatic rings. The van der Waals surface area contributed by atoms with Gasteiger partial charge in [0.1, 0.15) is 6.04 Å². The Hall–Kier alpha value is -2.28. The fourth-order valence-corrected chi connectivity index (χ4v) is 2.91. The van der Waals surface area contributed by atoms with E-state index < -0.39 is 12.1 Å². The van der Waals surface area contributed by atoms with Crippen LogP contribution in [0.2, 0.25) is 0 Å². The predicted molar refractivity (Wildman–Crippen MR) is 101 cm³/mol. The van der Waals surface area contributed by atoms with Crippen molar-refractivity contribution in [3.05, 3.63) is 23.8 Å². The SMILES string of the molecule is CCN1CCN(c2ccc(N[C@@H](C)C(=O)NC(=O)NC)c(C)c2)CC1. The van der Waals surface area contributed by atoms with Crippen molar-refractivity contribution in [3.63, 3.8) is 0 Å². The Kier molecular flexibility index (Phi) is 6.64. The standard InChI is InChI=1S/C18H29N5O2/c1-5-22-8-10-23(11-9-22)15-6-7-16(13(2)12-15)20-14(3)17(24)21-18(25)19-4/h6-7,12,14,20H,5,8-11H2,1-4H3,(H2,19,21,24,25)/t14-/m0/s1. The number of aryl methyl sites for hydroxylation is 1. The number of nitrogens with one attached hydrogen (secondary N) is 3. The number of urea groups is 1. The van der Waals surface area contributed by atoms with Crippen molar-refractivity contribution in [2.24, 2.45) is 0 Å². The zero-order valence-electron chi connectivity index (χ0n) is 15.6. The van der Waals surface area contributed by atoms with Crippen molar-refractivity contribution in [2.75, 3.05) is 50.0 Å². The van der Waals surface area contributed by atoms with Crippen LogP contribution in [0.3, 0.4) is 0 Å².